The summed E-state index contributed by atoms with van der Waals surface area (Å²) in [6.07, 6.45) is 4.23. The second kappa shape index (κ2) is 9.06. The van der Waals surface area contributed by atoms with E-state index in [1.807, 2.05) is 12.1 Å². The number of rotatable bonds is 7. The van der Waals surface area contributed by atoms with Crippen LogP contribution in [-0.2, 0) is 11.2 Å². The number of anilines is 1. The van der Waals surface area contributed by atoms with E-state index < -0.39 is 0 Å². The number of hydrogen-bond acceptors (Lipinski definition) is 6. The van der Waals surface area contributed by atoms with Crippen LogP contribution in [0.4, 0.5) is 5.69 Å². The number of amides is 1. The summed E-state index contributed by atoms with van der Waals surface area (Å²) in [6, 6.07) is 12.4. The molecule has 0 saturated carbocycles. The van der Waals surface area contributed by atoms with Crippen LogP contribution in [0.3, 0.4) is 0 Å². The Morgan fingerprint density at radius 1 is 1.13 bits per heavy atom. The first-order valence-corrected chi connectivity index (χ1v) is 9.87. The molecule has 4 aromatic rings. The zero-order valence-corrected chi connectivity index (χ0v) is 17.1. The van der Waals surface area contributed by atoms with E-state index in [0.29, 0.717) is 46.0 Å². The molecule has 0 aliphatic rings. The highest BCUT2D eigenvalue weighted by Gasteiger charge is 2.14. The maximum absolute atomic E-state index is 12.4. The zero-order valence-electron chi connectivity index (χ0n) is 15.6. The van der Waals surface area contributed by atoms with Gasteiger partial charge in [0.05, 0.1) is 10.7 Å². The Bertz CT molecular complexity index is 1140. The summed E-state index contributed by atoms with van der Waals surface area (Å²) in [5, 5.41) is 12.0. The van der Waals surface area contributed by atoms with Gasteiger partial charge in [-0.3, -0.25) is 4.79 Å². The molecular weight excluding hydrogens is 427 g/mol. The average molecular weight is 443 g/mol. The number of benzene rings is 2. The first-order valence-electron chi connectivity index (χ1n) is 9.12. The van der Waals surface area contributed by atoms with Crippen molar-refractivity contribution < 1.29 is 9.32 Å². The molecule has 0 radical (unpaired) electrons. The quantitative estimate of drug-likeness (QED) is 0.449. The van der Waals surface area contributed by atoms with Crippen LogP contribution in [0, 0.1) is 0 Å². The van der Waals surface area contributed by atoms with Gasteiger partial charge in [0.25, 0.3) is 0 Å². The summed E-state index contributed by atoms with van der Waals surface area (Å²) in [4.78, 5) is 20.7. The van der Waals surface area contributed by atoms with Crippen molar-refractivity contribution in [2.75, 3.05) is 5.32 Å². The first kappa shape index (κ1) is 20.1. The summed E-state index contributed by atoms with van der Waals surface area (Å²) in [5.41, 5.74) is 1.93. The molecule has 0 unspecified atom stereocenters. The van der Waals surface area contributed by atoms with Gasteiger partial charge < -0.3 is 9.84 Å². The molecule has 30 heavy (non-hydrogen) atoms. The lowest BCUT2D eigenvalue weighted by molar-refractivity contribution is -0.116. The topological polar surface area (TPSA) is 98.7 Å². The van der Waals surface area contributed by atoms with Gasteiger partial charge in [0.2, 0.25) is 17.6 Å². The standard InChI is InChI=1S/C20H16Cl2N6O2/c21-14-9-7-13(8-10-14)20-26-18(30-27-20)6-2-5-17(29)25-16-4-1-3-15(22)19(16)28-12-23-11-24-28/h1,3-4,7-12H,2,5-6H2,(H,25,29). The summed E-state index contributed by atoms with van der Waals surface area (Å²) in [7, 11) is 0. The molecule has 0 bridgehead atoms. The second-order valence-corrected chi connectivity index (χ2v) is 7.24. The number of aromatic nitrogens is 5. The minimum Gasteiger partial charge on any atom is -0.339 e. The van der Waals surface area contributed by atoms with Crippen molar-refractivity contribution in [2.45, 2.75) is 19.3 Å². The number of carbonyl (C=O) groups excluding carboxylic acids is 1. The summed E-state index contributed by atoms with van der Waals surface area (Å²) in [6.45, 7) is 0. The van der Waals surface area contributed by atoms with Crippen molar-refractivity contribution >= 4 is 34.8 Å². The number of nitrogens with zero attached hydrogens (tertiary/aromatic N) is 5. The number of hydrogen-bond donors (Lipinski definition) is 1. The Kier molecular flexibility index (Phi) is 6.06. The molecule has 1 amide bonds. The average Bonchev–Trinajstić information content (AvgIpc) is 3.41. The maximum Gasteiger partial charge on any atom is 0.226 e. The van der Waals surface area contributed by atoms with Crippen LogP contribution in [0.1, 0.15) is 18.7 Å². The fourth-order valence-electron chi connectivity index (χ4n) is 2.86. The van der Waals surface area contributed by atoms with Crippen molar-refractivity contribution in [3.63, 3.8) is 0 Å². The summed E-state index contributed by atoms with van der Waals surface area (Å²) < 4.78 is 6.78. The second-order valence-electron chi connectivity index (χ2n) is 6.40. The van der Waals surface area contributed by atoms with Crippen LogP contribution < -0.4 is 5.32 Å². The van der Waals surface area contributed by atoms with Crippen LogP contribution in [0.5, 0.6) is 0 Å². The van der Waals surface area contributed by atoms with Gasteiger partial charge in [-0.25, -0.2) is 9.67 Å². The highest BCUT2D eigenvalue weighted by Crippen LogP contribution is 2.28. The normalized spacial score (nSPS) is 10.9. The molecule has 8 nitrogen and oxygen atoms in total. The Labute approximate surface area is 181 Å². The van der Waals surface area contributed by atoms with Crippen LogP contribution in [-0.4, -0.2) is 30.8 Å². The molecule has 0 atom stereocenters. The Hall–Kier alpha value is -3.23. The third-order valence-electron chi connectivity index (χ3n) is 4.27. The number of para-hydroxylation sites is 1. The Morgan fingerprint density at radius 3 is 2.73 bits per heavy atom. The highest BCUT2D eigenvalue weighted by atomic mass is 35.5. The molecule has 0 fully saturated rings. The van der Waals surface area contributed by atoms with Gasteiger partial charge in [0, 0.05) is 23.4 Å². The van der Waals surface area contributed by atoms with Crippen molar-refractivity contribution in [1.82, 2.24) is 24.9 Å². The van der Waals surface area contributed by atoms with E-state index in [1.165, 1.54) is 17.3 Å². The molecule has 10 heteroatoms. The predicted molar refractivity (Wildman–Crippen MR) is 113 cm³/mol. The monoisotopic (exact) mass is 442 g/mol. The molecule has 2 aromatic heterocycles. The van der Waals surface area contributed by atoms with E-state index in [9.17, 15) is 4.79 Å². The molecular formula is C20H16Cl2N6O2. The summed E-state index contributed by atoms with van der Waals surface area (Å²) >= 11 is 12.2. The zero-order chi connectivity index (χ0) is 20.9. The number of aryl methyl sites for hydroxylation is 1. The van der Waals surface area contributed by atoms with Gasteiger partial charge in [-0.2, -0.15) is 10.1 Å². The van der Waals surface area contributed by atoms with E-state index in [-0.39, 0.29) is 12.3 Å². The molecule has 4 rings (SSSR count). The molecule has 0 aliphatic heterocycles. The number of nitrogens with one attached hydrogen (secondary N) is 1. The lowest BCUT2D eigenvalue weighted by atomic mass is 10.2. The molecule has 0 spiro atoms. The van der Waals surface area contributed by atoms with E-state index in [1.54, 1.807) is 30.3 Å². The predicted octanol–water partition coefficient (Wildman–Crippen LogP) is 4.59. The number of halogens is 2. The van der Waals surface area contributed by atoms with Crippen LogP contribution in [0.2, 0.25) is 10.0 Å². The van der Waals surface area contributed by atoms with E-state index in [2.05, 4.69) is 25.5 Å². The molecule has 0 aliphatic carbocycles. The minimum atomic E-state index is -0.156. The van der Waals surface area contributed by atoms with Gasteiger partial charge in [0.15, 0.2) is 0 Å². The third-order valence-corrected chi connectivity index (χ3v) is 4.83. The van der Waals surface area contributed by atoms with Gasteiger partial charge >= 0.3 is 0 Å². The smallest absolute Gasteiger partial charge is 0.226 e. The van der Waals surface area contributed by atoms with E-state index >= 15 is 0 Å². The fraction of sp³-hybridized carbons (Fsp3) is 0.150. The maximum atomic E-state index is 12.4. The molecule has 0 saturated heterocycles. The Balaban J connectivity index is 1.34. The van der Waals surface area contributed by atoms with Crippen molar-refractivity contribution in [3.05, 3.63) is 71.1 Å². The van der Waals surface area contributed by atoms with Crippen LogP contribution >= 0.6 is 23.2 Å². The van der Waals surface area contributed by atoms with E-state index in [0.717, 1.165) is 5.56 Å². The number of carbonyl (C=O) groups is 1. The highest BCUT2D eigenvalue weighted by molar-refractivity contribution is 6.33. The van der Waals surface area contributed by atoms with Gasteiger partial charge in [-0.05, 0) is 42.8 Å². The fourth-order valence-corrected chi connectivity index (χ4v) is 3.25. The Morgan fingerprint density at radius 2 is 1.97 bits per heavy atom. The molecule has 152 valence electrons. The van der Waals surface area contributed by atoms with Gasteiger partial charge in [-0.15, -0.1) is 0 Å². The first-order chi connectivity index (χ1) is 14.6. The van der Waals surface area contributed by atoms with Crippen molar-refractivity contribution in [1.29, 1.82) is 0 Å². The van der Waals surface area contributed by atoms with Crippen LogP contribution in [0.25, 0.3) is 17.1 Å². The van der Waals surface area contributed by atoms with Crippen molar-refractivity contribution in [3.8, 4) is 17.1 Å². The molecule has 1 N–H and O–H groups in total. The van der Waals surface area contributed by atoms with Gasteiger partial charge in [0.1, 0.15) is 18.3 Å². The third kappa shape index (κ3) is 4.67. The molecule has 2 aromatic carbocycles. The summed E-state index contributed by atoms with van der Waals surface area (Å²) in [5.74, 6) is 0.803. The lowest BCUT2D eigenvalue weighted by Crippen LogP contribution is -2.14. The van der Waals surface area contributed by atoms with Crippen molar-refractivity contribution in [2.24, 2.45) is 0 Å². The SMILES string of the molecule is O=C(CCCc1nc(-c2ccc(Cl)cc2)no1)Nc1cccc(Cl)c1-n1cncn1. The molecule has 2 heterocycles. The lowest BCUT2D eigenvalue weighted by Gasteiger charge is -2.12. The van der Waals surface area contributed by atoms with E-state index in [4.69, 9.17) is 27.7 Å². The van der Waals surface area contributed by atoms with Gasteiger partial charge in [-0.1, -0.05) is 34.4 Å². The minimum absolute atomic E-state index is 0.156. The largest absolute Gasteiger partial charge is 0.339 e. The van der Waals surface area contributed by atoms with Crippen LogP contribution in [0.15, 0.2) is 59.6 Å².